The van der Waals surface area contributed by atoms with E-state index in [1.165, 1.54) is 18.2 Å². The van der Waals surface area contributed by atoms with Crippen LogP contribution in [0.15, 0.2) is 18.2 Å². The predicted octanol–water partition coefficient (Wildman–Crippen LogP) is 1.64. The van der Waals surface area contributed by atoms with Crippen molar-refractivity contribution in [1.29, 1.82) is 0 Å². The quantitative estimate of drug-likeness (QED) is 0.751. The summed E-state index contributed by atoms with van der Waals surface area (Å²) in [5.41, 5.74) is 6.08. The van der Waals surface area contributed by atoms with Gasteiger partial charge in [0.1, 0.15) is 5.82 Å². The van der Waals surface area contributed by atoms with Crippen LogP contribution in [-0.2, 0) is 0 Å². The molecule has 0 atom stereocenters. The van der Waals surface area contributed by atoms with Crippen LogP contribution in [0.3, 0.4) is 0 Å². The van der Waals surface area contributed by atoms with Gasteiger partial charge in [0, 0.05) is 24.3 Å². The Kier molecular flexibility index (Phi) is 2.34. The molecule has 0 saturated heterocycles. The summed E-state index contributed by atoms with van der Waals surface area (Å²) in [6, 6.07) is 4.25. The molecule has 0 aliphatic heterocycles. The number of hydrogen-bond donors (Lipinski definition) is 1. The first kappa shape index (κ1) is 9.96. The fourth-order valence-corrected chi connectivity index (χ4v) is 1.57. The van der Waals surface area contributed by atoms with E-state index in [1.807, 2.05) is 0 Å². The first-order chi connectivity index (χ1) is 7.08. The van der Waals surface area contributed by atoms with Crippen molar-refractivity contribution >= 4 is 11.6 Å². The van der Waals surface area contributed by atoms with Gasteiger partial charge in [0.05, 0.1) is 0 Å². The average Bonchev–Trinajstić information content (AvgIpc) is 2.97. The molecule has 0 bridgehead atoms. The molecule has 0 spiro atoms. The van der Waals surface area contributed by atoms with E-state index >= 15 is 0 Å². The molecule has 1 saturated carbocycles. The van der Waals surface area contributed by atoms with Crippen molar-refractivity contribution in [2.45, 2.75) is 18.9 Å². The Morgan fingerprint density at radius 1 is 1.47 bits per heavy atom. The van der Waals surface area contributed by atoms with E-state index in [9.17, 15) is 9.18 Å². The van der Waals surface area contributed by atoms with E-state index in [4.69, 9.17) is 5.73 Å². The molecule has 1 fully saturated rings. The second-order valence-corrected chi connectivity index (χ2v) is 3.92. The Hall–Kier alpha value is -1.58. The van der Waals surface area contributed by atoms with E-state index < -0.39 is 5.82 Å². The molecule has 1 aromatic rings. The lowest BCUT2D eigenvalue weighted by Gasteiger charge is -2.16. The van der Waals surface area contributed by atoms with Crippen molar-refractivity contribution in [3.63, 3.8) is 0 Å². The van der Waals surface area contributed by atoms with Crippen molar-refractivity contribution in [2.24, 2.45) is 0 Å². The van der Waals surface area contributed by atoms with E-state index in [0.29, 0.717) is 11.6 Å². The molecule has 2 N–H and O–H groups in total. The molecule has 4 heteroatoms. The van der Waals surface area contributed by atoms with Gasteiger partial charge in [0.25, 0.3) is 5.91 Å². The number of benzene rings is 1. The summed E-state index contributed by atoms with van der Waals surface area (Å²) in [5, 5.41) is 0. The zero-order valence-electron chi connectivity index (χ0n) is 8.53. The molecule has 80 valence electrons. The summed E-state index contributed by atoms with van der Waals surface area (Å²) in [6.07, 6.45) is 2.07. The van der Waals surface area contributed by atoms with Gasteiger partial charge in [-0.05, 0) is 31.0 Å². The van der Waals surface area contributed by atoms with Gasteiger partial charge in [-0.2, -0.15) is 0 Å². The Balaban J connectivity index is 2.24. The van der Waals surface area contributed by atoms with E-state index in [2.05, 4.69) is 0 Å². The zero-order valence-corrected chi connectivity index (χ0v) is 8.53. The minimum Gasteiger partial charge on any atom is -0.399 e. The number of carbonyl (C=O) groups is 1. The number of hydrogen-bond acceptors (Lipinski definition) is 2. The Morgan fingerprint density at radius 2 is 2.13 bits per heavy atom. The second-order valence-electron chi connectivity index (χ2n) is 3.92. The molecule has 1 aromatic carbocycles. The smallest absolute Gasteiger partial charge is 0.254 e. The molecule has 0 radical (unpaired) electrons. The summed E-state index contributed by atoms with van der Waals surface area (Å²) < 4.78 is 13.0. The van der Waals surface area contributed by atoms with Crippen LogP contribution >= 0.6 is 0 Å². The SMILES string of the molecule is CN(C(=O)c1cc(N)cc(F)c1)C1CC1. The van der Waals surface area contributed by atoms with Gasteiger partial charge in [0.15, 0.2) is 0 Å². The average molecular weight is 208 g/mol. The number of carbonyl (C=O) groups excluding carboxylic acids is 1. The lowest BCUT2D eigenvalue weighted by Crippen LogP contribution is -2.28. The Labute approximate surface area is 87.7 Å². The Morgan fingerprint density at radius 3 is 2.67 bits per heavy atom. The van der Waals surface area contributed by atoms with Gasteiger partial charge < -0.3 is 10.6 Å². The van der Waals surface area contributed by atoms with Crippen molar-refractivity contribution in [1.82, 2.24) is 4.90 Å². The predicted molar refractivity (Wildman–Crippen MR) is 55.9 cm³/mol. The summed E-state index contributed by atoms with van der Waals surface area (Å²) in [6.45, 7) is 0. The summed E-state index contributed by atoms with van der Waals surface area (Å²) >= 11 is 0. The third-order valence-corrected chi connectivity index (χ3v) is 2.58. The number of nitrogen functional groups attached to an aromatic ring is 1. The highest BCUT2D eigenvalue weighted by molar-refractivity contribution is 5.95. The molecule has 1 aliphatic carbocycles. The number of nitrogens with zero attached hydrogens (tertiary/aromatic N) is 1. The molecule has 15 heavy (non-hydrogen) atoms. The summed E-state index contributed by atoms with van der Waals surface area (Å²) in [7, 11) is 1.74. The van der Waals surface area contributed by atoms with Gasteiger partial charge in [0.2, 0.25) is 0 Å². The fraction of sp³-hybridized carbons (Fsp3) is 0.364. The highest BCUT2D eigenvalue weighted by Crippen LogP contribution is 2.27. The normalized spacial score (nSPS) is 15.1. The van der Waals surface area contributed by atoms with E-state index in [-0.39, 0.29) is 11.6 Å². The Bertz CT molecular complexity index is 381. The van der Waals surface area contributed by atoms with Crippen LogP contribution in [0.5, 0.6) is 0 Å². The van der Waals surface area contributed by atoms with Crippen molar-refractivity contribution < 1.29 is 9.18 Å². The minimum atomic E-state index is -0.470. The lowest BCUT2D eigenvalue weighted by molar-refractivity contribution is 0.0784. The highest BCUT2D eigenvalue weighted by atomic mass is 19.1. The minimum absolute atomic E-state index is 0.163. The maximum absolute atomic E-state index is 13.0. The molecule has 1 aliphatic rings. The monoisotopic (exact) mass is 208 g/mol. The first-order valence-corrected chi connectivity index (χ1v) is 4.91. The summed E-state index contributed by atoms with van der Waals surface area (Å²) in [5.74, 6) is -0.633. The standard InChI is InChI=1S/C11H13FN2O/c1-14(10-2-3-10)11(15)7-4-8(12)6-9(13)5-7/h4-6,10H,2-3,13H2,1H3. The van der Waals surface area contributed by atoms with Crippen LogP contribution in [-0.4, -0.2) is 23.9 Å². The molecule has 3 nitrogen and oxygen atoms in total. The molecule has 0 unspecified atom stereocenters. The first-order valence-electron chi connectivity index (χ1n) is 4.91. The van der Waals surface area contributed by atoms with Gasteiger partial charge >= 0.3 is 0 Å². The lowest BCUT2D eigenvalue weighted by atomic mass is 10.1. The number of anilines is 1. The van der Waals surface area contributed by atoms with Crippen LogP contribution < -0.4 is 5.73 Å². The maximum atomic E-state index is 13.0. The molecule has 1 amide bonds. The maximum Gasteiger partial charge on any atom is 0.254 e. The highest BCUT2D eigenvalue weighted by Gasteiger charge is 2.30. The largest absolute Gasteiger partial charge is 0.399 e. The zero-order chi connectivity index (χ0) is 11.0. The number of nitrogens with two attached hydrogens (primary N) is 1. The number of halogens is 1. The molecular formula is C11H13FN2O. The van der Waals surface area contributed by atoms with Crippen LogP contribution in [0, 0.1) is 5.82 Å². The topological polar surface area (TPSA) is 46.3 Å². The van der Waals surface area contributed by atoms with Crippen LogP contribution in [0.25, 0.3) is 0 Å². The van der Waals surface area contributed by atoms with Crippen molar-refractivity contribution in [3.05, 3.63) is 29.6 Å². The van der Waals surface area contributed by atoms with Gasteiger partial charge in [-0.15, -0.1) is 0 Å². The van der Waals surface area contributed by atoms with Gasteiger partial charge in [-0.3, -0.25) is 4.79 Å². The number of rotatable bonds is 2. The van der Waals surface area contributed by atoms with Crippen molar-refractivity contribution in [3.8, 4) is 0 Å². The molecular weight excluding hydrogens is 195 g/mol. The third kappa shape index (κ3) is 2.09. The second kappa shape index (κ2) is 3.53. The van der Waals surface area contributed by atoms with Gasteiger partial charge in [-0.25, -0.2) is 4.39 Å². The van der Waals surface area contributed by atoms with Crippen molar-refractivity contribution in [2.75, 3.05) is 12.8 Å². The third-order valence-electron chi connectivity index (χ3n) is 2.58. The summed E-state index contributed by atoms with van der Waals surface area (Å²) in [4.78, 5) is 13.5. The van der Waals surface area contributed by atoms with Crippen LogP contribution in [0.2, 0.25) is 0 Å². The van der Waals surface area contributed by atoms with Crippen LogP contribution in [0.1, 0.15) is 23.2 Å². The van der Waals surface area contributed by atoms with Crippen LogP contribution in [0.4, 0.5) is 10.1 Å². The van der Waals surface area contributed by atoms with E-state index in [1.54, 1.807) is 11.9 Å². The van der Waals surface area contributed by atoms with E-state index in [0.717, 1.165) is 12.8 Å². The number of amides is 1. The molecule has 2 rings (SSSR count). The van der Waals surface area contributed by atoms with Gasteiger partial charge in [-0.1, -0.05) is 0 Å². The molecule has 0 aromatic heterocycles. The molecule has 0 heterocycles. The fourth-order valence-electron chi connectivity index (χ4n) is 1.57.